The molecule has 2 aliphatic rings. The number of piperidine rings is 1. The van der Waals surface area contributed by atoms with Crippen LogP contribution in [-0.2, 0) is 12.7 Å². The third-order valence-electron chi connectivity index (χ3n) is 7.47. The predicted molar refractivity (Wildman–Crippen MR) is 156 cm³/mol. The number of likely N-dealkylation sites (tertiary alicyclic amines) is 1. The molecule has 2 aliphatic heterocycles. The molecule has 3 heterocycles. The maximum absolute atomic E-state index is 13.9. The molecule has 3 aromatic carbocycles. The zero-order valence-corrected chi connectivity index (χ0v) is 23.1. The van der Waals surface area contributed by atoms with Gasteiger partial charge in [-0.15, -0.1) is 0 Å². The van der Waals surface area contributed by atoms with Gasteiger partial charge in [-0.3, -0.25) is 9.79 Å². The van der Waals surface area contributed by atoms with Crippen molar-refractivity contribution in [3.8, 4) is 11.3 Å². The lowest BCUT2D eigenvalue weighted by atomic mass is 9.92. The fraction of sp³-hybridized carbons (Fsp3) is 0.226. The Labute approximate surface area is 245 Å². The maximum atomic E-state index is 13.9. The molecule has 0 bridgehead atoms. The largest absolute Gasteiger partial charge is 0.417 e. The average molecular weight is 591 g/mol. The zero-order valence-electron chi connectivity index (χ0n) is 22.3. The predicted octanol–water partition coefficient (Wildman–Crippen LogP) is 6.47. The molecule has 1 aromatic heterocycles. The minimum atomic E-state index is -4.56. The molecule has 1 amide bonds. The second-order valence-electron chi connectivity index (χ2n) is 10.3. The van der Waals surface area contributed by atoms with Crippen molar-refractivity contribution in [2.75, 3.05) is 18.4 Å². The van der Waals surface area contributed by atoms with Crippen molar-refractivity contribution in [2.45, 2.75) is 31.6 Å². The van der Waals surface area contributed by atoms with Crippen molar-refractivity contribution >= 4 is 34.9 Å². The van der Waals surface area contributed by atoms with Gasteiger partial charge in [0, 0.05) is 63.9 Å². The number of aromatic nitrogens is 2. The summed E-state index contributed by atoms with van der Waals surface area (Å²) < 4.78 is 41.8. The van der Waals surface area contributed by atoms with E-state index >= 15 is 0 Å². The number of anilines is 2. The summed E-state index contributed by atoms with van der Waals surface area (Å²) >= 11 is 6.31. The average Bonchev–Trinajstić information content (AvgIpc) is 3.13. The normalized spacial score (nSPS) is 15.4. The van der Waals surface area contributed by atoms with Crippen molar-refractivity contribution in [2.24, 2.45) is 10.7 Å². The number of fused-ring (bicyclic) bond motifs is 3. The van der Waals surface area contributed by atoms with E-state index < -0.39 is 11.7 Å². The van der Waals surface area contributed by atoms with E-state index in [1.54, 1.807) is 54.7 Å². The van der Waals surface area contributed by atoms with Gasteiger partial charge < -0.3 is 16.0 Å². The summed E-state index contributed by atoms with van der Waals surface area (Å²) in [5, 5.41) is 3.53. The highest BCUT2D eigenvalue weighted by atomic mass is 35.5. The third kappa shape index (κ3) is 5.60. The molecule has 0 aliphatic carbocycles. The monoisotopic (exact) mass is 590 g/mol. The molecule has 11 heteroatoms. The molecule has 1 saturated heterocycles. The van der Waals surface area contributed by atoms with Gasteiger partial charge in [0.15, 0.2) is 0 Å². The maximum Gasteiger partial charge on any atom is 0.417 e. The highest BCUT2D eigenvalue weighted by Gasteiger charge is 2.35. The van der Waals surface area contributed by atoms with E-state index in [4.69, 9.17) is 22.3 Å². The van der Waals surface area contributed by atoms with Crippen LogP contribution in [0.15, 0.2) is 77.9 Å². The van der Waals surface area contributed by atoms with Gasteiger partial charge in [-0.25, -0.2) is 9.97 Å². The van der Waals surface area contributed by atoms with Gasteiger partial charge in [0.2, 0.25) is 5.95 Å². The second kappa shape index (κ2) is 11.2. The van der Waals surface area contributed by atoms with Gasteiger partial charge in [0.05, 0.1) is 23.5 Å². The number of rotatable bonds is 4. The first-order valence-corrected chi connectivity index (χ1v) is 13.8. The number of carbonyl (C=O) groups is 1. The van der Waals surface area contributed by atoms with E-state index in [1.807, 2.05) is 4.90 Å². The number of halogens is 4. The molecular formula is C31H26ClF3N6O. The fourth-order valence-corrected chi connectivity index (χ4v) is 5.43. The lowest BCUT2D eigenvalue weighted by Crippen LogP contribution is -2.42. The number of nitrogens with one attached hydrogen (secondary N) is 1. The van der Waals surface area contributed by atoms with E-state index in [9.17, 15) is 18.0 Å². The van der Waals surface area contributed by atoms with Crippen LogP contribution in [0.3, 0.4) is 0 Å². The quantitative estimate of drug-likeness (QED) is 0.284. The molecule has 214 valence electrons. The Morgan fingerprint density at radius 1 is 0.976 bits per heavy atom. The molecule has 42 heavy (non-hydrogen) atoms. The first-order chi connectivity index (χ1) is 20.2. The second-order valence-corrected chi connectivity index (χ2v) is 10.7. The molecule has 7 nitrogen and oxygen atoms in total. The summed E-state index contributed by atoms with van der Waals surface area (Å²) in [7, 11) is 0. The van der Waals surface area contributed by atoms with Gasteiger partial charge in [0.25, 0.3) is 5.91 Å². The van der Waals surface area contributed by atoms with Gasteiger partial charge >= 0.3 is 6.18 Å². The van der Waals surface area contributed by atoms with Gasteiger partial charge in [-0.2, -0.15) is 13.2 Å². The summed E-state index contributed by atoms with van der Waals surface area (Å²) in [5.41, 5.74) is 8.82. The van der Waals surface area contributed by atoms with E-state index in [0.29, 0.717) is 51.7 Å². The summed E-state index contributed by atoms with van der Waals surface area (Å²) in [6, 6.07) is 17.6. The summed E-state index contributed by atoms with van der Waals surface area (Å²) in [4.78, 5) is 28.4. The molecule has 4 aromatic rings. The van der Waals surface area contributed by atoms with Crippen LogP contribution in [0, 0.1) is 0 Å². The number of carbonyl (C=O) groups excluding carboxylic acids is 1. The lowest BCUT2D eigenvalue weighted by Gasteiger charge is -2.30. The highest BCUT2D eigenvalue weighted by Crippen LogP contribution is 2.38. The first kappa shape index (κ1) is 27.9. The van der Waals surface area contributed by atoms with Crippen LogP contribution in [0.25, 0.3) is 11.3 Å². The number of aliphatic imine (C=N–C) groups is 1. The molecule has 0 radical (unpaired) electrons. The van der Waals surface area contributed by atoms with Crippen molar-refractivity contribution in [3.63, 3.8) is 0 Å². The number of hydrogen-bond acceptors (Lipinski definition) is 6. The van der Waals surface area contributed by atoms with Crippen LogP contribution in [0.2, 0.25) is 5.02 Å². The van der Waals surface area contributed by atoms with Gasteiger partial charge in [0.1, 0.15) is 0 Å². The Bertz CT molecular complexity index is 1680. The molecule has 0 unspecified atom stereocenters. The number of amides is 1. The minimum Gasteiger partial charge on any atom is -0.339 e. The van der Waals surface area contributed by atoms with E-state index in [-0.39, 0.29) is 35.7 Å². The number of nitrogens with two attached hydrogens (primary N) is 1. The summed E-state index contributed by atoms with van der Waals surface area (Å²) in [6.45, 7) is 1.37. The molecule has 1 fully saturated rings. The lowest BCUT2D eigenvalue weighted by molar-refractivity contribution is -0.137. The van der Waals surface area contributed by atoms with E-state index in [1.165, 1.54) is 12.1 Å². The zero-order chi connectivity index (χ0) is 29.4. The molecular weight excluding hydrogens is 565 g/mol. The molecule has 0 spiro atoms. The Morgan fingerprint density at radius 2 is 1.71 bits per heavy atom. The van der Waals surface area contributed by atoms with Gasteiger partial charge in [-0.1, -0.05) is 35.9 Å². The van der Waals surface area contributed by atoms with Gasteiger partial charge in [-0.05, 0) is 55.3 Å². The number of nitrogens with zero attached hydrogens (tertiary/aromatic N) is 4. The summed E-state index contributed by atoms with van der Waals surface area (Å²) in [5.74, 6) is 0.255. The molecule has 0 saturated carbocycles. The molecule has 3 N–H and O–H groups in total. The van der Waals surface area contributed by atoms with Crippen molar-refractivity contribution < 1.29 is 18.0 Å². The Morgan fingerprint density at radius 3 is 2.45 bits per heavy atom. The van der Waals surface area contributed by atoms with Crippen LogP contribution in [-0.4, -0.2) is 45.6 Å². The number of benzene rings is 3. The standard InChI is InChI=1S/C31H26ClF3N6O/c32-20-7-10-23-25(15-20)28(24-3-1-2-4-26(24)31(33,34)35)37-16-19-17-38-30(40-27(19)23)39-22-8-5-18(6-9-22)29(42)41-13-11-21(36)12-14-41/h1-10,15,17,21H,11-14,16,36H2,(H,38,39,40). The number of hydrogen-bond donors (Lipinski definition) is 2. The van der Waals surface area contributed by atoms with Crippen molar-refractivity contribution in [1.82, 2.24) is 14.9 Å². The van der Waals surface area contributed by atoms with E-state index in [0.717, 1.165) is 18.9 Å². The highest BCUT2D eigenvalue weighted by molar-refractivity contribution is 6.31. The number of alkyl halides is 3. The van der Waals surface area contributed by atoms with Crippen LogP contribution in [0.5, 0.6) is 0 Å². The fourth-order valence-electron chi connectivity index (χ4n) is 5.26. The third-order valence-corrected chi connectivity index (χ3v) is 7.70. The summed E-state index contributed by atoms with van der Waals surface area (Å²) in [6.07, 6.45) is -1.37. The Hall–Kier alpha value is -4.28. The SMILES string of the molecule is NC1CCN(C(=O)c2ccc(Nc3ncc4c(n3)-c3ccc(Cl)cc3C(c3ccccc3C(F)(F)F)=NC4)cc2)CC1. The Balaban J connectivity index is 1.30. The molecule has 0 atom stereocenters. The topological polar surface area (TPSA) is 96.5 Å². The van der Waals surface area contributed by atoms with Crippen LogP contribution in [0.1, 0.15) is 45.5 Å². The van der Waals surface area contributed by atoms with Crippen molar-refractivity contribution in [3.05, 3.63) is 106 Å². The van der Waals surface area contributed by atoms with Crippen LogP contribution >= 0.6 is 11.6 Å². The van der Waals surface area contributed by atoms with E-state index in [2.05, 4.69) is 15.3 Å². The molecule has 6 rings (SSSR count). The van der Waals surface area contributed by atoms with Crippen molar-refractivity contribution in [1.29, 1.82) is 0 Å². The smallest absolute Gasteiger partial charge is 0.339 e. The first-order valence-electron chi connectivity index (χ1n) is 13.5. The minimum absolute atomic E-state index is 0.0327. The Kier molecular flexibility index (Phi) is 7.42. The van der Waals surface area contributed by atoms with Crippen LogP contribution < -0.4 is 11.1 Å². The van der Waals surface area contributed by atoms with Crippen LogP contribution in [0.4, 0.5) is 24.8 Å².